The molecule has 0 radical (unpaired) electrons. The summed E-state index contributed by atoms with van der Waals surface area (Å²) in [5.41, 5.74) is 0.317. The van der Waals surface area contributed by atoms with E-state index < -0.39 is 10.0 Å². The van der Waals surface area contributed by atoms with Crippen molar-refractivity contribution in [1.29, 1.82) is 0 Å². The Morgan fingerprint density at radius 2 is 2.14 bits per heavy atom. The first-order valence-electron chi connectivity index (χ1n) is 6.51. The molecule has 0 bridgehead atoms. The second-order valence-corrected chi connectivity index (χ2v) is 6.60. The van der Waals surface area contributed by atoms with Gasteiger partial charge >= 0.3 is 0 Å². The maximum atomic E-state index is 11.8. The number of anilines is 1. The minimum absolute atomic E-state index is 0.174. The van der Waals surface area contributed by atoms with Crippen LogP contribution in [0.4, 0.5) is 5.82 Å². The molecule has 0 aliphatic heterocycles. The standard InChI is InChI=1S/C12H19ClN4O3S/c1-2-4-15-11-10(13)7-9(8-17-11)12(18)16-5-3-6-21(14,19)20/h7-8H,2-6H2,1H3,(H,15,17)(H,16,18)(H2,14,19,20). The first kappa shape index (κ1) is 17.7. The number of nitrogens with two attached hydrogens (primary N) is 1. The Balaban J connectivity index is 2.53. The number of hydrogen-bond acceptors (Lipinski definition) is 5. The van der Waals surface area contributed by atoms with Crippen LogP contribution in [-0.2, 0) is 10.0 Å². The summed E-state index contributed by atoms with van der Waals surface area (Å²) < 4.78 is 21.5. The van der Waals surface area contributed by atoms with Crippen molar-refractivity contribution in [2.24, 2.45) is 5.14 Å². The number of primary sulfonamides is 1. The largest absolute Gasteiger partial charge is 0.369 e. The topological polar surface area (TPSA) is 114 Å². The van der Waals surface area contributed by atoms with E-state index in [9.17, 15) is 13.2 Å². The van der Waals surface area contributed by atoms with Crippen molar-refractivity contribution in [2.45, 2.75) is 19.8 Å². The van der Waals surface area contributed by atoms with Crippen molar-refractivity contribution in [2.75, 3.05) is 24.2 Å². The van der Waals surface area contributed by atoms with Gasteiger partial charge in [0.25, 0.3) is 5.91 Å². The molecule has 0 aliphatic carbocycles. The molecule has 0 aliphatic rings. The Kier molecular flexibility index (Phi) is 6.86. The molecule has 0 saturated carbocycles. The number of halogens is 1. The monoisotopic (exact) mass is 334 g/mol. The van der Waals surface area contributed by atoms with E-state index in [4.69, 9.17) is 16.7 Å². The number of sulfonamides is 1. The summed E-state index contributed by atoms with van der Waals surface area (Å²) in [4.78, 5) is 15.9. The molecule has 0 atom stereocenters. The van der Waals surface area contributed by atoms with Crippen LogP contribution in [0.1, 0.15) is 30.1 Å². The van der Waals surface area contributed by atoms with Crippen molar-refractivity contribution in [1.82, 2.24) is 10.3 Å². The van der Waals surface area contributed by atoms with Crippen LogP contribution in [0.15, 0.2) is 12.3 Å². The number of nitrogens with one attached hydrogen (secondary N) is 2. The molecule has 0 saturated heterocycles. The second-order valence-electron chi connectivity index (χ2n) is 4.46. The summed E-state index contributed by atoms with van der Waals surface area (Å²) in [5.74, 6) is -0.00301. The second kappa shape index (κ2) is 8.16. The molecule has 1 rings (SSSR count). The van der Waals surface area contributed by atoms with Crippen LogP contribution >= 0.6 is 11.6 Å². The maximum absolute atomic E-state index is 11.8. The number of carbonyl (C=O) groups is 1. The van der Waals surface area contributed by atoms with Gasteiger partial charge in [-0.1, -0.05) is 18.5 Å². The molecule has 118 valence electrons. The van der Waals surface area contributed by atoms with Crippen molar-refractivity contribution < 1.29 is 13.2 Å². The lowest BCUT2D eigenvalue weighted by Gasteiger charge is -2.08. The van der Waals surface area contributed by atoms with Gasteiger partial charge in [0.2, 0.25) is 10.0 Å². The summed E-state index contributed by atoms with van der Waals surface area (Å²) in [6.07, 6.45) is 2.60. The van der Waals surface area contributed by atoms with Crippen molar-refractivity contribution >= 4 is 33.3 Å². The molecule has 0 unspecified atom stereocenters. The van der Waals surface area contributed by atoms with E-state index in [1.54, 1.807) is 0 Å². The van der Waals surface area contributed by atoms with Crippen molar-refractivity contribution in [3.8, 4) is 0 Å². The SMILES string of the molecule is CCCNc1ncc(C(=O)NCCCS(N)(=O)=O)cc1Cl. The van der Waals surface area contributed by atoms with Crippen LogP contribution in [0.5, 0.6) is 0 Å². The summed E-state index contributed by atoms with van der Waals surface area (Å²) in [6, 6.07) is 1.52. The van der Waals surface area contributed by atoms with Gasteiger partial charge in [-0.05, 0) is 18.9 Å². The third kappa shape index (κ3) is 6.74. The molecule has 0 spiro atoms. The summed E-state index contributed by atoms with van der Waals surface area (Å²) in [5, 5.41) is 10.9. The number of rotatable bonds is 8. The number of pyridine rings is 1. The fourth-order valence-corrected chi connectivity index (χ4v) is 2.29. The highest BCUT2D eigenvalue weighted by molar-refractivity contribution is 7.89. The molecule has 1 heterocycles. The third-order valence-corrected chi connectivity index (χ3v) is 3.68. The highest BCUT2D eigenvalue weighted by atomic mass is 35.5. The lowest BCUT2D eigenvalue weighted by Crippen LogP contribution is -2.27. The van der Waals surface area contributed by atoms with Crippen LogP contribution in [0.2, 0.25) is 5.02 Å². The molecule has 21 heavy (non-hydrogen) atoms. The molecular weight excluding hydrogens is 316 g/mol. The van der Waals surface area contributed by atoms with Gasteiger partial charge in [0.15, 0.2) is 0 Å². The molecule has 0 fully saturated rings. The van der Waals surface area contributed by atoms with Crippen LogP contribution < -0.4 is 15.8 Å². The lowest BCUT2D eigenvalue weighted by atomic mass is 10.2. The Hall–Kier alpha value is -1.38. The highest BCUT2D eigenvalue weighted by Gasteiger charge is 2.10. The Labute approximate surface area is 129 Å². The number of hydrogen-bond donors (Lipinski definition) is 3. The normalized spacial score (nSPS) is 11.2. The van der Waals surface area contributed by atoms with E-state index in [1.165, 1.54) is 12.3 Å². The number of aromatic nitrogens is 1. The third-order valence-electron chi connectivity index (χ3n) is 2.54. The molecule has 1 aromatic heterocycles. The predicted octanol–water partition coefficient (Wildman–Crippen LogP) is 0.965. The van der Waals surface area contributed by atoms with Crippen LogP contribution in [0.3, 0.4) is 0 Å². The average molecular weight is 335 g/mol. The van der Waals surface area contributed by atoms with E-state index in [0.29, 0.717) is 16.4 Å². The number of amides is 1. The predicted molar refractivity (Wildman–Crippen MR) is 83.0 cm³/mol. The van der Waals surface area contributed by atoms with E-state index in [2.05, 4.69) is 15.6 Å². The molecule has 1 amide bonds. The maximum Gasteiger partial charge on any atom is 0.252 e. The zero-order valence-corrected chi connectivity index (χ0v) is 13.3. The Morgan fingerprint density at radius 3 is 2.71 bits per heavy atom. The molecule has 9 heteroatoms. The van der Waals surface area contributed by atoms with Gasteiger partial charge in [-0.25, -0.2) is 18.5 Å². The minimum atomic E-state index is -3.50. The lowest BCUT2D eigenvalue weighted by molar-refractivity contribution is 0.0953. The summed E-state index contributed by atoms with van der Waals surface area (Å²) in [7, 11) is -3.50. The Morgan fingerprint density at radius 1 is 1.43 bits per heavy atom. The highest BCUT2D eigenvalue weighted by Crippen LogP contribution is 2.19. The van der Waals surface area contributed by atoms with Gasteiger partial charge in [-0.15, -0.1) is 0 Å². The zero-order chi connectivity index (χ0) is 15.9. The van der Waals surface area contributed by atoms with Gasteiger partial charge in [-0.2, -0.15) is 0 Å². The molecule has 4 N–H and O–H groups in total. The smallest absolute Gasteiger partial charge is 0.252 e. The van der Waals surface area contributed by atoms with Gasteiger partial charge in [0, 0.05) is 19.3 Å². The summed E-state index contributed by atoms with van der Waals surface area (Å²) >= 11 is 6.03. The van der Waals surface area contributed by atoms with Gasteiger partial charge in [0.1, 0.15) is 5.82 Å². The Bertz CT molecular complexity index is 592. The zero-order valence-electron chi connectivity index (χ0n) is 11.7. The number of carbonyl (C=O) groups excluding carboxylic acids is 1. The van der Waals surface area contributed by atoms with Crippen molar-refractivity contribution in [3.63, 3.8) is 0 Å². The fraction of sp³-hybridized carbons (Fsp3) is 0.500. The van der Waals surface area contributed by atoms with E-state index >= 15 is 0 Å². The average Bonchev–Trinajstić information content (AvgIpc) is 2.41. The van der Waals surface area contributed by atoms with Crippen LogP contribution in [0.25, 0.3) is 0 Å². The molecule has 1 aromatic rings. The first-order chi connectivity index (χ1) is 9.83. The number of nitrogens with zero attached hydrogens (tertiary/aromatic N) is 1. The van der Waals surface area contributed by atoms with Gasteiger partial charge in [-0.3, -0.25) is 4.79 Å². The van der Waals surface area contributed by atoms with Crippen molar-refractivity contribution in [3.05, 3.63) is 22.8 Å². The van der Waals surface area contributed by atoms with E-state index in [0.717, 1.165) is 13.0 Å². The molecular formula is C12H19ClN4O3S. The van der Waals surface area contributed by atoms with Gasteiger partial charge < -0.3 is 10.6 Å². The van der Waals surface area contributed by atoms with Crippen LogP contribution in [-0.4, -0.2) is 38.2 Å². The fourth-order valence-electron chi connectivity index (χ4n) is 1.51. The summed E-state index contributed by atoms with van der Waals surface area (Å²) in [6.45, 7) is 2.97. The van der Waals surface area contributed by atoms with Crippen LogP contribution in [0, 0.1) is 0 Å². The first-order valence-corrected chi connectivity index (χ1v) is 8.61. The minimum Gasteiger partial charge on any atom is -0.369 e. The van der Waals surface area contributed by atoms with E-state index in [1.807, 2.05) is 6.92 Å². The molecule has 0 aromatic carbocycles. The van der Waals surface area contributed by atoms with E-state index in [-0.39, 0.29) is 24.6 Å². The molecule has 7 nitrogen and oxygen atoms in total. The quantitative estimate of drug-likeness (QED) is 0.613. The van der Waals surface area contributed by atoms with Gasteiger partial charge in [0.05, 0.1) is 16.3 Å².